The summed E-state index contributed by atoms with van der Waals surface area (Å²) in [5.74, 6) is 0.384. The van der Waals surface area contributed by atoms with Crippen molar-refractivity contribution in [1.82, 2.24) is 15.1 Å². The number of likely N-dealkylation sites (tertiary alicyclic amines) is 1. The molecule has 27 heavy (non-hydrogen) atoms. The Morgan fingerprint density at radius 3 is 2.56 bits per heavy atom. The number of nitrogens with one attached hydrogen (secondary N) is 1. The number of hydrogen-bond acceptors (Lipinski definition) is 8. The second-order valence-corrected chi connectivity index (χ2v) is 9.15. The van der Waals surface area contributed by atoms with Crippen LogP contribution in [0.2, 0.25) is 0 Å². The molecule has 0 aliphatic carbocycles. The molecule has 0 spiro atoms. The molecule has 1 aromatic carbocycles. The first-order valence-electron chi connectivity index (χ1n) is 8.37. The van der Waals surface area contributed by atoms with Crippen LogP contribution in [0.25, 0.3) is 0 Å². The lowest BCUT2D eigenvalue weighted by molar-refractivity contribution is 0.102. The van der Waals surface area contributed by atoms with E-state index in [0.717, 1.165) is 0 Å². The Kier molecular flexibility index (Phi) is 6.05. The molecule has 0 radical (unpaired) electrons. The number of amides is 1. The zero-order chi connectivity index (χ0) is 19.4. The molecule has 1 fully saturated rings. The fraction of sp³-hybridized carbons (Fsp3) is 0.438. The number of methoxy groups -OCH3 is 1. The van der Waals surface area contributed by atoms with Crippen LogP contribution in [0.3, 0.4) is 0 Å². The molecular formula is C16H21N5O4S2. The van der Waals surface area contributed by atoms with Crippen molar-refractivity contribution < 1.29 is 17.9 Å². The fourth-order valence-corrected chi connectivity index (χ4v) is 4.50. The maximum absolute atomic E-state index is 12.3. The van der Waals surface area contributed by atoms with Gasteiger partial charge in [-0.3, -0.25) is 9.69 Å². The minimum atomic E-state index is -3.48. The number of rotatable bonds is 6. The molecule has 0 unspecified atom stereocenters. The summed E-state index contributed by atoms with van der Waals surface area (Å²) < 4.78 is 27.9. The number of aromatic nitrogens is 2. The summed E-state index contributed by atoms with van der Waals surface area (Å²) in [6.07, 6.45) is 1.00. The Hall–Kier alpha value is -2.08. The van der Waals surface area contributed by atoms with Crippen molar-refractivity contribution in [1.29, 1.82) is 0 Å². The zero-order valence-electron chi connectivity index (χ0n) is 14.8. The summed E-state index contributed by atoms with van der Waals surface area (Å²) in [5, 5.41) is 16.5. The van der Waals surface area contributed by atoms with Gasteiger partial charge < -0.3 is 10.1 Å². The summed E-state index contributed by atoms with van der Waals surface area (Å²) in [6, 6.07) is 7.00. The normalized spacial score (nSPS) is 16.2. The first-order valence-corrected chi connectivity index (χ1v) is 10.8. The molecule has 146 valence electrons. The minimum Gasteiger partial charge on any atom is -0.497 e. The van der Waals surface area contributed by atoms with E-state index in [2.05, 4.69) is 20.4 Å². The van der Waals surface area contributed by atoms with Gasteiger partial charge in [-0.25, -0.2) is 13.6 Å². The predicted octanol–water partition coefficient (Wildman–Crippen LogP) is 1.05. The van der Waals surface area contributed by atoms with Crippen molar-refractivity contribution in [2.75, 3.05) is 25.5 Å². The van der Waals surface area contributed by atoms with Crippen molar-refractivity contribution in [3.05, 3.63) is 34.3 Å². The van der Waals surface area contributed by atoms with Crippen molar-refractivity contribution in [3.63, 3.8) is 0 Å². The highest BCUT2D eigenvalue weighted by Gasteiger charge is 2.27. The largest absolute Gasteiger partial charge is 0.497 e. The van der Waals surface area contributed by atoms with Gasteiger partial charge in [0.15, 0.2) is 0 Å². The van der Waals surface area contributed by atoms with Crippen molar-refractivity contribution in [2.24, 2.45) is 5.14 Å². The van der Waals surface area contributed by atoms with Crippen molar-refractivity contribution in [3.8, 4) is 5.75 Å². The van der Waals surface area contributed by atoms with Crippen LogP contribution >= 0.6 is 11.3 Å². The topological polar surface area (TPSA) is 128 Å². The number of piperidine rings is 1. The summed E-state index contributed by atoms with van der Waals surface area (Å²) in [7, 11) is -1.90. The van der Waals surface area contributed by atoms with Gasteiger partial charge >= 0.3 is 0 Å². The number of ether oxygens (including phenoxy) is 1. The quantitative estimate of drug-likeness (QED) is 0.727. The van der Waals surface area contributed by atoms with Crippen LogP contribution < -0.4 is 15.2 Å². The van der Waals surface area contributed by atoms with E-state index >= 15 is 0 Å². The molecule has 1 saturated heterocycles. The highest BCUT2D eigenvalue weighted by molar-refractivity contribution is 7.89. The molecule has 0 bridgehead atoms. The number of carbonyl (C=O) groups is 1. The van der Waals surface area contributed by atoms with E-state index in [-0.39, 0.29) is 10.9 Å². The van der Waals surface area contributed by atoms with Gasteiger partial charge in [-0.05, 0) is 50.2 Å². The summed E-state index contributed by atoms with van der Waals surface area (Å²) in [4.78, 5) is 14.4. The summed E-state index contributed by atoms with van der Waals surface area (Å²) in [5.41, 5.74) is 0.641. The van der Waals surface area contributed by atoms with Gasteiger partial charge in [-0.2, -0.15) is 0 Å². The van der Waals surface area contributed by atoms with Gasteiger partial charge in [-0.1, -0.05) is 11.3 Å². The van der Waals surface area contributed by atoms with E-state index < -0.39 is 15.3 Å². The van der Waals surface area contributed by atoms with Crippen LogP contribution in [0.1, 0.15) is 27.7 Å². The van der Waals surface area contributed by atoms with E-state index in [9.17, 15) is 13.2 Å². The number of nitrogens with zero attached hydrogens (tertiary/aromatic N) is 3. The molecule has 9 nitrogen and oxygen atoms in total. The van der Waals surface area contributed by atoms with Gasteiger partial charge in [0.05, 0.1) is 18.9 Å². The number of carbonyl (C=O) groups excluding carboxylic acids is 1. The van der Waals surface area contributed by atoms with Crippen molar-refractivity contribution >= 4 is 33.0 Å². The second kappa shape index (κ2) is 8.30. The molecule has 2 heterocycles. The molecule has 1 amide bonds. The van der Waals surface area contributed by atoms with Gasteiger partial charge in [0, 0.05) is 5.69 Å². The van der Waals surface area contributed by atoms with E-state index in [1.165, 1.54) is 11.3 Å². The number of hydrogen-bond donors (Lipinski definition) is 2. The van der Waals surface area contributed by atoms with Crippen LogP contribution in [-0.4, -0.2) is 54.9 Å². The number of sulfonamides is 1. The lowest BCUT2D eigenvalue weighted by Crippen LogP contribution is -2.41. The monoisotopic (exact) mass is 411 g/mol. The fourth-order valence-electron chi connectivity index (χ4n) is 2.86. The smallest absolute Gasteiger partial charge is 0.286 e. The average Bonchev–Trinajstić information content (AvgIpc) is 3.11. The summed E-state index contributed by atoms with van der Waals surface area (Å²) >= 11 is 1.22. The van der Waals surface area contributed by atoms with E-state index in [0.29, 0.717) is 48.9 Å². The molecule has 1 aliphatic heterocycles. The molecule has 3 N–H and O–H groups in total. The Balaban J connectivity index is 1.54. The molecule has 11 heteroatoms. The Labute approximate surface area is 161 Å². The van der Waals surface area contributed by atoms with E-state index in [1.54, 1.807) is 31.4 Å². The number of anilines is 1. The average molecular weight is 412 g/mol. The van der Waals surface area contributed by atoms with Gasteiger partial charge in [0.1, 0.15) is 10.8 Å². The number of benzene rings is 1. The molecular weight excluding hydrogens is 390 g/mol. The zero-order valence-corrected chi connectivity index (χ0v) is 16.4. The van der Waals surface area contributed by atoms with Crippen LogP contribution in [-0.2, 0) is 16.6 Å². The highest BCUT2D eigenvalue weighted by atomic mass is 32.2. The predicted molar refractivity (Wildman–Crippen MR) is 102 cm³/mol. The second-order valence-electron chi connectivity index (χ2n) is 6.25. The molecule has 3 rings (SSSR count). The van der Waals surface area contributed by atoms with Crippen LogP contribution in [0.15, 0.2) is 24.3 Å². The van der Waals surface area contributed by atoms with Crippen LogP contribution in [0.5, 0.6) is 5.75 Å². The molecule has 0 atom stereocenters. The SMILES string of the molecule is COc1ccc(NC(=O)c2nnc(CN3CCC(S(N)(=O)=O)CC3)s2)cc1. The third kappa shape index (κ3) is 5.22. The molecule has 1 aliphatic rings. The van der Waals surface area contributed by atoms with Gasteiger partial charge in [-0.15, -0.1) is 10.2 Å². The molecule has 1 aromatic heterocycles. The Bertz CT molecular complexity index is 890. The van der Waals surface area contributed by atoms with Crippen LogP contribution in [0, 0.1) is 0 Å². The maximum Gasteiger partial charge on any atom is 0.286 e. The number of nitrogens with two attached hydrogens (primary N) is 1. The Morgan fingerprint density at radius 2 is 1.96 bits per heavy atom. The Morgan fingerprint density at radius 1 is 1.30 bits per heavy atom. The van der Waals surface area contributed by atoms with Crippen molar-refractivity contribution in [2.45, 2.75) is 24.6 Å². The third-order valence-electron chi connectivity index (χ3n) is 4.37. The first kappa shape index (κ1) is 19.7. The van der Waals surface area contributed by atoms with Gasteiger partial charge in [0.25, 0.3) is 5.91 Å². The first-order chi connectivity index (χ1) is 12.8. The van der Waals surface area contributed by atoms with E-state index in [4.69, 9.17) is 9.88 Å². The third-order valence-corrected chi connectivity index (χ3v) is 6.67. The maximum atomic E-state index is 12.3. The highest BCUT2D eigenvalue weighted by Crippen LogP contribution is 2.20. The minimum absolute atomic E-state index is 0.278. The number of primary sulfonamides is 1. The lowest BCUT2D eigenvalue weighted by atomic mass is 10.1. The van der Waals surface area contributed by atoms with Crippen LogP contribution in [0.4, 0.5) is 5.69 Å². The summed E-state index contributed by atoms with van der Waals surface area (Å²) in [6.45, 7) is 1.77. The standard InChI is InChI=1S/C16H21N5O4S2/c1-25-12-4-2-11(3-5-12)18-15(22)16-20-19-14(26-16)10-21-8-6-13(7-9-21)27(17,23)24/h2-5,13H,6-10H2,1H3,(H,18,22)(H2,17,23,24). The molecule has 2 aromatic rings. The molecule has 0 saturated carbocycles. The van der Waals surface area contributed by atoms with Gasteiger partial charge in [0.2, 0.25) is 15.0 Å². The van der Waals surface area contributed by atoms with E-state index in [1.807, 2.05) is 0 Å². The lowest BCUT2D eigenvalue weighted by Gasteiger charge is -2.29.